The number of aliphatic hydroxyl groups excluding tert-OH is 1. The van der Waals surface area contributed by atoms with Crippen molar-refractivity contribution in [1.82, 2.24) is 5.32 Å². The van der Waals surface area contributed by atoms with Gasteiger partial charge in [-0.15, -0.1) is 0 Å². The summed E-state index contributed by atoms with van der Waals surface area (Å²) in [6.07, 6.45) is 2.17. The number of nitrogens with one attached hydrogen (secondary N) is 1. The molecule has 2 unspecified atom stereocenters. The van der Waals surface area contributed by atoms with Gasteiger partial charge in [0.1, 0.15) is 0 Å². The van der Waals surface area contributed by atoms with Gasteiger partial charge in [-0.2, -0.15) is 0 Å². The highest BCUT2D eigenvalue weighted by Gasteiger charge is 2.38. The van der Waals surface area contributed by atoms with Crippen LogP contribution in [0.1, 0.15) is 19.8 Å². The molecule has 0 spiro atoms. The quantitative estimate of drug-likeness (QED) is 0.510. The molecule has 4 atom stereocenters. The van der Waals surface area contributed by atoms with E-state index in [2.05, 4.69) is 12.2 Å². The molecule has 1 aliphatic carbocycles. The van der Waals surface area contributed by atoms with Gasteiger partial charge in [-0.25, -0.2) is 0 Å². The number of fused-ring (bicyclic) bond motifs is 1. The van der Waals surface area contributed by atoms with E-state index < -0.39 is 0 Å². The smallest absolute Gasteiger partial charge is 0.0570 e. The zero-order valence-electron chi connectivity index (χ0n) is 6.38. The van der Waals surface area contributed by atoms with Crippen molar-refractivity contribution in [3.8, 4) is 0 Å². The van der Waals surface area contributed by atoms with E-state index in [1.807, 2.05) is 0 Å². The van der Waals surface area contributed by atoms with Gasteiger partial charge in [0, 0.05) is 6.04 Å². The normalized spacial score (nSPS) is 53.4. The second kappa shape index (κ2) is 2.21. The van der Waals surface area contributed by atoms with E-state index in [1.54, 1.807) is 0 Å². The topological polar surface area (TPSA) is 32.3 Å². The van der Waals surface area contributed by atoms with Crippen molar-refractivity contribution in [2.45, 2.75) is 31.9 Å². The van der Waals surface area contributed by atoms with Gasteiger partial charge in [-0.1, -0.05) is 6.92 Å². The second-order valence-corrected chi connectivity index (χ2v) is 3.79. The fraction of sp³-hybridized carbons (Fsp3) is 1.00. The van der Waals surface area contributed by atoms with E-state index in [1.165, 1.54) is 6.42 Å². The average molecular weight is 141 g/mol. The van der Waals surface area contributed by atoms with E-state index in [-0.39, 0.29) is 6.10 Å². The lowest BCUT2D eigenvalue weighted by atomic mass is 9.73. The van der Waals surface area contributed by atoms with Crippen LogP contribution in [0.15, 0.2) is 0 Å². The molecule has 1 saturated carbocycles. The van der Waals surface area contributed by atoms with E-state index in [4.69, 9.17) is 0 Å². The Morgan fingerprint density at radius 3 is 2.70 bits per heavy atom. The maximum Gasteiger partial charge on any atom is 0.0570 e. The summed E-state index contributed by atoms with van der Waals surface area (Å²) in [5.74, 6) is 1.29. The summed E-state index contributed by atoms with van der Waals surface area (Å²) in [6, 6.07) is 0.735. The van der Waals surface area contributed by atoms with Gasteiger partial charge in [0.15, 0.2) is 0 Å². The van der Waals surface area contributed by atoms with Crippen LogP contribution < -0.4 is 5.32 Å². The third-order valence-electron chi connectivity index (χ3n) is 3.04. The molecule has 2 heteroatoms. The van der Waals surface area contributed by atoms with E-state index in [0.717, 1.165) is 24.9 Å². The molecule has 2 rings (SSSR count). The Kier molecular flexibility index (Phi) is 1.46. The van der Waals surface area contributed by atoms with Crippen LogP contribution in [0.25, 0.3) is 0 Å². The van der Waals surface area contributed by atoms with Crippen molar-refractivity contribution in [1.29, 1.82) is 0 Å². The predicted molar refractivity (Wildman–Crippen MR) is 39.7 cm³/mol. The molecule has 2 N–H and O–H groups in total. The summed E-state index contributed by atoms with van der Waals surface area (Å²) in [4.78, 5) is 0. The molecule has 1 heterocycles. The monoisotopic (exact) mass is 141 g/mol. The molecule has 0 radical (unpaired) electrons. The summed E-state index contributed by atoms with van der Waals surface area (Å²) in [7, 11) is 0. The lowest BCUT2D eigenvalue weighted by Gasteiger charge is -2.46. The number of hydrogen-bond donors (Lipinski definition) is 2. The van der Waals surface area contributed by atoms with Crippen LogP contribution in [0.5, 0.6) is 0 Å². The molecule has 0 amide bonds. The zero-order valence-corrected chi connectivity index (χ0v) is 6.38. The predicted octanol–water partition coefficient (Wildman–Crippen LogP) is 0.365. The fourth-order valence-electron chi connectivity index (χ4n) is 2.07. The van der Waals surface area contributed by atoms with Gasteiger partial charge >= 0.3 is 0 Å². The minimum atomic E-state index is -0.0247. The Bertz CT molecular complexity index is 117. The summed E-state index contributed by atoms with van der Waals surface area (Å²) >= 11 is 0. The Labute approximate surface area is 61.6 Å². The van der Waals surface area contributed by atoms with Crippen LogP contribution in [-0.2, 0) is 0 Å². The number of aliphatic hydroxyl groups is 1. The molecule has 2 aliphatic rings. The average Bonchev–Trinajstić information content (AvgIpc) is 1.89. The first-order valence-electron chi connectivity index (χ1n) is 4.19. The second-order valence-electron chi connectivity index (χ2n) is 3.79. The molecule has 1 saturated heterocycles. The van der Waals surface area contributed by atoms with Crippen LogP contribution in [0.4, 0.5) is 0 Å². The Morgan fingerprint density at radius 1 is 1.40 bits per heavy atom. The van der Waals surface area contributed by atoms with Crippen molar-refractivity contribution >= 4 is 0 Å². The largest absolute Gasteiger partial charge is 0.393 e. The molecule has 1 aliphatic heterocycles. The maximum atomic E-state index is 9.47. The third-order valence-corrected chi connectivity index (χ3v) is 3.04. The van der Waals surface area contributed by atoms with Crippen molar-refractivity contribution in [2.75, 3.05) is 6.54 Å². The molecule has 0 aromatic rings. The highest BCUT2D eigenvalue weighted by molar-refractivity contribution is 4.95. The lowest BCUT2D eigenvalue weighted by Crippen LogP contribution is -2.58. The molecular formula is C8H15NO. The molecule has 0 aromatic heterocycles. The molecule has 58 valence electrons. The van der Waals surface area contributed by atoms with Gasteiger partial charge in [-0.05, 0) is 31.2 Å². The summed E-state index contributed by atoms with van der Waals surface area (Å²) < 4.78 is 0. The van der Waals surface area contributed by atoms with Crippen LogP contribution in [0, 0.1) is 11.8 Å². The number of hydrogen-bond acceptors (Lipinski definition) is 2. The van der Waals surface area contributed by atoms with E-state index in [0.29, 0.717) is 5.92 Å². The fourth-order valence-corrected chi connectivity index (χ4v) is 2.07. The van der Waals surface area contributed by atoms with E-state index >= 15 is 0 Å². The van der Waals surface area contributed by atoms with Crippen molar-refractivity contribution in [3.63, 3.8) is 0 Å². The molecule has 10 heavy (non-hydrogen) atoms. The maximum absolute atomic E-state index is 9.47. The van der Waals surface area contributed by atoms with Gasteiger partial charge in [0.2, 0.25) is 0 Å². The SMILES string of the molecule is C[C@H]1CC2NCC2C[C@H]1O. The third kappa shape index (κ3) is 0.867. The van der Waals surface area contributed by atoms with Crippen molar-refractivity contribution in [2.24, 2.45) is 11.8 Å². The first-order valence-corrected chi connectivity index (χ1v) is 4.19. The first-order chi connectivity index (χ1) is 4.77. The molecular weight excluding hydrogens is 126 g/mol. The first kappa shape index (κ1) is 6.62. The summed E-state index contributed by atoms with van der Waals surface area (Å²) in [5.41, 5.74) is 0. The van der Waals surface area contributed by atoms with Crippen molar-refractivity contribution < 1.29 is 5.11 Å². The van der Waals surface area contributed by atoms with Gasteiger partial charge < -0.3 is 10.4 Å². The Balaban J connectivity index is 1.96. The highest BCUT2D eigenvalue weighted by atomic mass is 16.3. The minimum absolute atomic E-state index is 0.0247. The Hall–Kier alpha value is -0.0800. The minimum Gasteiger partial charge on any atom is -0.393 e. The number of rotatable bonds is 0. The van der Waals surface area contributed by atoms with Gasteiger partial charge in [0.25, 0.3) is 0 Å². The molecule has 0 aromatic carbocycles. The van der Waals surface area contributed by atoms with Crippen LogP contribution in [0.2, 0.25) is 0 Å². The van der Waals surface area contributed by atoms with Gasteiger partial charge in [0.05, 0.1) is 6.10 Å². The lowest BCUT2D eigenvalue weighted by molar-refractivity contribution is 0.00546. The zero-order chi connectivity index (χ0) is 7.14. The standard InChI is InChI=1S/C8H15NO/c1-5-2-7-6(4-9-7)3-8(5)10/h5-10H,2-4H2,1H3/t5-,6?,7?,8+/m0/s1. The van der Waals surface area contributed by atoms with Gasteiger partial charge in [-0.3, -0.25) is 0 Å². The molecule has 0 bridgehead atoms. The van der Waals surface area contributed by atoms with E-state index in [9.17, 15) is 5.11 Å². The molecule has 2 fully saturated rings. The Morgan fingerprint density at radius 2 is 2.20 bits per heavy atom. The van der Waals surface area contributed by atoms with Crippen LogP contribution in [-0.4, -0.2) is 23.8 Å². The van der Waals surface area contributed by atoms with Crippen LogP contribution >= 0.6 is 0 Å². The van der Waals surface area contributed by atoms with Crippen LogP contribution in [0.3, 0.4) is 0 Å². The summed E-state index contributed by atoms with van der Waals surface area (Å²) in [6.45, 7) is 3.27. The summed E-state index contributed by atoms with van der Waals surface area (Å²) in [5, 5.41) is 12.9. The van der Waals surface area contributed by atoms with Crippen molar-refractivity contribution in [3.05, 3.63) is 0 Å². The highest BCUT2D eigenvalue weighted by Crippen LogP contribution is 2.33. The molecule has 2 nitrogen and oxygen atoms in total.